The first-order valence-corrected chi connectivity index (χ1v) is 5.60. The van der Waals surface area contributed by atoms with Gasteiger partial charge in [-0.1, -0.05) is 30.0 Å². The maximum atomic E-state index is 10.8. The Morgan fingerprint density at radius 2 is 2.40 bits per heavy atom. The third-order valence-corrected chi connectivity index (χ3v) is 3.03. The molecule has 1 heterocycles. The van der Waals surface area contributed by atoms with Crippen molar-refractivity contribution in [2.75, 3.05) is 0 Å². The van der Waals surface area contributed by atoms with Gasteiger partial charge in [-0.3, -0.25) is 4.79 Å². The summed E-state index contributed by atoms with van der Waals surface area (Å²) < 4.78 is 0. The number of nitrogens with one attached hydrogen (secondary N) is 1. The summed E-state index contributed by atoms with van der Waals surface area (Å²) in [4.78, 5) is 15.3. The third-order valence-electron chi connectivity index (χ3n) is 1.49. The minimum absolute atomic E-state index is 0.171. The van der Waals surface area contributed by atoms with E-state index in [9.17, 15) is 4.79 Å². The Bertz CT molecular complexity index is 354. The van der Waals surface area contributed by atoms with E-state index < -0.39 is 0 Å². The molecule has 0 saturated heterocycles. The van der Waals surface area contributed by atoms with Crippen molar-refractivity contribution in [3.63, 3.8) is 0 Å². The van der Waals surface area contributed by atoms with Crippen molar-refractivity contribution in [1.82, 2.24) is 10.3 Å². The van der Waals surface area contributed by atoms with Crippen LogP contribution >= 0.6 is 24.0 Å². The summed E-state index contributed by atoms with van der Waals surface area (Å²) in [7, 11) is 0. The van der Waals surface area contributed by atoms with Crippen LogP contribution < -0.4 is 5.32 Å². The molecule has 15 heavy (non-hydrogen) atoms. The number of pyridine rings is 1. The normalized spacial score (nSPS) is 11.9. The van der Waals surface area contributed by atoms with Gasteiger partial charge in [-0.05, 0) is 19.1 Å². The Balaban J connectivity index is 2.52. The fourth-order valence-corrected chi connectivity index (χ4v) is 1.89. The van der Waals surface area contributed by atoms with Crippen molar-refractivity contribution in [2.45, 2.75) is 17.2 Å². The molecule has 0 aromatic carbocycles. The van der Waals surface area contributed by atoms with Crippen molar-refractivity contribution >= 4 is 34.9 Å². The number of carbonyl (C=O) groups is 1. The van der Waals surface area contributed by atoms with Crippen LogP contribution in [0.2, 0.25) is 0 Å². The molecule has 0 saturated carbocycles. The lowest BCUT2D eigenvalue weighted by Crippen LogP contribution is -2.32. The van der Waals surface area contributed by atoms with Gasteiger partial charge in [-0.25, -0.2) is 4.98 Å². The molecule has 1 radical (unpaired) electrons. The molecule has 0 fully saturated rings. The highest BCUT2D eigenvalue weighted by Gasteiger charge is 2.11. The average molecular weight is 239 g/mol. The lowest BCUT2D eigenvalue weighted by molar-refractivity contribution is -0.117. The highest BCUT2D eigenvalue weighted by molar-refractivity contribution is 8.01. The van der Waals surface area contributed by atoms with Gasteiger partial charge in [0.15, 0.2) is 0 Å². The molecule has 1 aromatic rings. The molecule has 0 bridgehead atoms. The van der Waals surface area contributed by atoms with Gasteiger partial charge in [0.25, 0.3) is 0 Å². The van der Waals surface area contributed by atoms with Crippen LogP contribution in [0.5, 0.6) is 0 Å². The van der Waals surface area contributed by atoms with Gasteiger partial charge in [-0.2, -0.15) is 0 Å². The zero-order valence-electron chi connectivity index (χ0n) is 8.27. The fourth-order valence-electron chi connectivity index (χ4n) is 0.870. The van der Waals surface area contributed by atoms with Gasteiger partial charge in [0.05, 0.1) is 15.3 Å². The molecule has 1 unspecified atom stereocenters. The second-order valence-electron chi connectivity index (χ2n) is 2.82. The van der Waals surface area contributed by atoms with Crippen LogP contribution in [0.25, 0.3) is 0 Å². The van der Waals surface area contributed by atoms with Crippen LogP contribution in [0.15, 0.2) is 29.4 Å². The summed E-state index contributed by atoms with van der Waals surface area (Å²) in [6.07, 6.45) is 1.70. The maximum absolute atomic E-state index is 10.8. The summed E-state index contributed by atoms with van der Waals surface area (Å²) in [5, 5.41) is 3.17. The largest absolute Gasteiger partial charge is 0.320 e. The zero-order valence-corrected chi connectivity index (χ0v) is 9.90. The Morgan fingerprint density at radius 1 is 1.67 bits per heavy atom. The van der Waals surface area contributed by atoms with Crippen LogP contribution in [0.3, 0.4) is 0 Å². The Hall–Kier alpha value is -0.940. The quantitative estimate of drug-likeness (QED) is 0.645. The second kappa shape index (κ2) is 5.82. The molecule has 0 aliphatic carbocycles. The van der Waals surface area contributed by atoms with Crippen LogP contribution in [0, 0.1) is 6.92 Å². The second-order valence-corrected chi connectivity index (χ2v) is 4.48. The smallest absolute Gasteiger partial charge is 0.221 e. The molecule has 1 amide bonds. The summed E-state index contributed by atoms with van der Waals surface area (Å²) in [5.41, 5.74) is 0. The molecular weight excluding hydrogens is 228 g/mol. The van der Waals surface area contributed by atoms with E-state index in [-0.39, 0.29) is 11.2 Å². The van der Waals surface area contributed by atoms with Gasteiger partial charge in [-0.15, -0.1) is 0 Å². The number of amides is 1. The van der Waals surface area contributed by atoms with Gasteiger partial charge in [0.1, 0.15) is 0 Å². The maximum Gasteiger partial charge on any atom is 0.221 e. The van der Waals surface area contributed by atoms with E-state index in [2.05, 4.69) is 17.2 Å². The number of thiocarbonyl (C=S) groups is 1. The van der Waals surface area contributed by atoms with E-state index in [1.54, 1.807) is 6.20 Å². The number of rotatable bonds is 3. The monoisotopic (exact) mass is 239 g/mol. The predicted molar refractivity (Wildman–Crippen MR) is 65.7 cm³/mol. The summed E-state index contributed by atoms with van der Waals surface area (Å²) >= 11 is 6.42. The number of carbonyl (C=O) groups excluding carboxylic acids is 1. The van der Waals surface area contributed by atoms with Crippen molar-refractivity contribution in [3.8, 4) is 0 Å². The first-order valence-electron chi connectivity index (χ1n) is 4.32. The van der Waals surface area contributed by atoms with Crippen molar-refractivity contribution < 1.29 is 4.79 Å². The molecule has 1 rings (SSSR count). The van der Waals surface area contributed by atoms with Gasteiger partial charge in [0, 0.05) is 13.1 Å². The SMILES string of the molecule is [CH2]C(Sc1ccccn1)C(=S)NC(C)=O. The van der Waals surface area contributed by atoms with Gasteiger partial charge in [0.2, 0.25) is 5.91 Å². The molecule has 0 spiro atoms. The standard InChI is InChI=1S/C10H11N2OS2/c1-7(10(14)12-8(2)13)15-9-5-3-4-6-11-9/h3-7H,1H2,2H3,(H,12,13,14). The molecule has 0 aliphatic heterocycles. The Kier molecular flexibility index (Phi) is 4.71. The van der Waals surface area contributed by atoms with Crippen LogP contribution in [0.1, 0.15) is 6.92 Å². The Labute approximate surface area is 98.7 Å². The molecule has 5 heteroatoms. The van der Waals surface area contributed by atoms with E-state index >= 15 is 0 Å². The van der Waals surface area contributed by atoms with Crippen molar-refractivity contribution in [1.29, 1.82) is 0 Å². The average Bonchev–Trinajstić information content (AvgIpc) is 2.18. The minimum atomic E-state index is -0.209. The first kappa shape index (κ1) is 12.1. The zero-order chi connectivity index (χ0) is 11.3. The van der Waals surface area contributed by atoms with E-state index in [0.29, 0.717) is 4.99 Å². The van der Waals surface area contributed by atoms with Crippen LogP contribution in [-0.4, -0.2) is 21.1 Å². The van der Waals surface area contributed by atoms with Crippen LogP contribution in [0.4, 0.5) is 0 Å². The van der Waals surface area contributed by atoms with Gasteiger partial charge >= 0.3 is 0 Å². The summed E-state index contributed by atoms with van der Waals surface area (Å²) in [6.45, 7) is 5.27. The lowest BCUT2D eigenvalue weighted by atomic mass is 10.4. The molecule has 0 aliphatic rings. The molecule has 3 nitrogen and oxygen atoms in total. The van der Waals surface area contributed by atoms with Crippen LogP contribution in [-0.2, 0) is 4.79 Å². The van der Waals surface area contributed by atoms with E-state index in [1.165, 1.54) is 18.7 Å². The number of aromatic nitrogens is 1. The number of hydrogen-bond acceptors (Lipinski definition) is 4. The van der Waals surface area contributed by atoms with E-state index in [4.69, 9.17) is 12.2 Å². The summed E-state index contributed by atoms with van der Waals surface area (Å²) in [5.74, 6) is -0.171. The molecule has 79 valence electrons. The molecule has 1 N–H and O–H groups in total. The summed E-state index contributed by atoms with van der Waals surface area (Å²) in [6, 6.07) is 5.61. The third kappa shape index (κ3) is 4.40. The van der Waals surface area contributed by atoms with Crippen molar-refractivity contribution in [2.24, 2.45) is 0 Å². The highest BCUT2D eigenvalue weighted by atomic mass is 32.2. The van der Waals surface area contributed by atoms with E-state index in [0.717, 1.165) is 5.03 Å². The lowest BCUT2D eigenvalue weighted by Gasteiger charge is -2.11. The number of hydrogen-bond donors (Lipinski definition) is 1. The van der Waals surface area contributed by atoms with Gasteiger partial charge < -0.3 is 5.32 Å². The number of thioether (sulfide) groups is 1. The molecule has 1 aromatic heterocycles. The molecular formula is C10H11N2OS2. The highest BCUT2D eigenvalue weighted by Crippen LogP contribution is 2.20. The Morgan fingerprint density at radius 3 is 2.93 bits per heavy atom. The van der Waals surface area contributed by atoms with E-state index in [1.807, 2.05) is 18.2 Å². The minimum Gasteiger partial charge on any atom is -0.320 e. The predicted octanol–water partition coefficient (Wildman–Crippen LogP) is 1.84. The topological polar surface area (TPSA) is 42.0 Å². The first-order chi connectivity index (χ1) is 7.09. The fraction of sp³-hybridized carbons (Fsp3) is 0.200. The van der Waals surface area contributed by atoms with Crippen molar-refractivity contribution in [3.05, 3.63) is 31.3 Å². The number of nitrogens with zero attached hydrogens (tertiary/aromatic N) is 1. The molecule has 1 atom stereocenters.